The lowest BCUT2D eigenvalue weighted by Gasteiger charge is -2.33. The zero-order valence-electron chi connectivity index (χ0n) is 9.86. The zero-order valence-corrected chi connectivity index (χ0v) is 9.86. The average molecular weight is 217 g/mol. The molecule has 0 N–H and O–H groups in total. The van der Waals surface area contributed by atoms with Crippen LogP contribution in [0.4, 0.5) is 0 Å². The summed E-state index contributed by atoms with van der Waals surface area (Å²) in [5.74, 6) is 0. The third-order valence-electron chi connectivity index (χ3n) is 3.44. The number of likely N-dealkylation sites (tertiary alicyclic amines) is 1. The van der Waals surface area contributed by atoms with Gasteiger partial charge < -0.3 is 0 Å². The highest BCUT2D eigenvalue weighted by atomic mass is 16.1. The minimum Gasteiger partial charge on any atom is -0.298 e. The van der Waals surface area contributed by atoms with Crippen molar-refractivity contribution in [1.82, 2.24) is 4.90 Å². The Morgan fingerprint density at radius 1 is 1.31 bits per heavy atom. The fourth-order valence-electron chi connectivity index (χ4n) is 2.33. The summed E-state index contributed by atoms with van der Waals surface area (Å²) in [6.07, 6.45) is 4.89. The molecular formula is C14H19NO. The molecule has 0 aromatic heterocycles. The van der Waals surface area contributed by atoms with E-state index in [0.29, 0.717) is 6.04 Å². The predicted molar refractivity (Wildman–Crippen MR) is 65.6 cm³/mol. The van der Waals surface area contributed by atoms with Crippen molar-refractivity contribution in [3.8, 4) is 0 Å². The van der Waals surface area contributed by atoms with E-state index in [-0.39, 0.29) is 0 Å². The first-order chi connectivity index (χ1) is 7.79. The molecule has 0 bridgehead atoms. The van der Waals surface area contributed by atoms with Crippen molar-refractivity contribution < 1.29 is 4.79 Å². The van der Waals surface area contributed by atoms with Gasteiger partial charge in [0, 0.05) is 18.2 Å². The second-order valence-corrected chi connectivity index (χ2v) is 4.67. The highest BCUT2D eigenvalue weighted by Gasteiger charge is 2.17. The SMILES string of the molecule is C[C@@H]1CCCCN1Cc1ccc(C=O)cc1. The normalized spacial score (nSPS) is 21.9. The highest BCUT2D eigenvalue weighted by molar-refractivity contribution is 5.74. The minimum absolute atomic E-state index is 0.694. The van der Waals surface area contributed by atoms with E-state index in [1.807, 2.05) is 12.1 Å². The highest BCUT2D eigenvalue weighted by Crippen LogP contribution is 2.19. The molecule has 1 aliphatic rings. The number of nitrogens with zero attached hydrogens (tertiary/aromatic N) is 1. The molecule has 1 aliphatic heterocycles. The predicted octanol–water partition coefficient (Wildman–Crippen LogP) is 2.87. The van der Waals surface area contributed by atoms with Gasteiger partial charge in [0.05, 0.1) is 0 Å². The van der Waals surface area contributed by atoms with Crippen LogP contribution in [0.25, 0.3) is 0 Å². The van der Waals surface area contributed by atoms with Gasteiger partial charge in [-0.2, -0.15) is 0 Å². The lowest BCUT2D eigenvalue weighted by molar-refractivity contribution is 0.112. The summed E-state index contributed by atoms with van der Waals surface area (Å²) in [4.78, 5) is 13.1. The van der Waals surface area contributed by atoms with Gasteiger partial charge in [0.1, 0.15) is 6.29 Å². The summed E-state index contributed by atoms with van der Waals surface area (Å²) in [6, 6.07) is 8.61. The van der Waals surface area contributed by atoms with Gasteiger partial charge >= 0.3 is 0 Å². The molecule has 2 heteroatoms. The maximum Gasteiger partial charge on any atom is 0.150 e. The second kappa shape index (κ2) is 5.26. The topological polar surface area (TPSA) is 20.3 Å². The van der Waals surface area contributed by atoms with Gasteiger partial charge in [-0.3, -0.25) is 9.69 Å². The van der Waals surface area contributed by atoms with Gasteiger partial charge in [-0.1, -0.05) is 30.7 Å². The maximum atomic E-state index is 10.5. The molecule has 1 atom stereocenters. The van der Waals surface area contributed by atoms with Crippen molar-refractivity contribution in [2.75, 3.05) is 6.54 Å². The number of hydrogen-bond acceptors (Lipinski definition) is 2. The van der Waals surface area contributed by atoms with E-state index in [1.165, 1.54) is 31.4 Å². The van der Waals surface area contributed by atoms with Gasteiger partial charge in [-0.05, 0) is 31.9 Å². The molecule has 1 aromatic carbocycles. The lowest BCUT2D eigenvalue weighted by Crippen LogP contribution is -2.36. The van der Waals surface area contributed by atoms with E-state index in [2.05, 4.69) is 24.0 Å². The Bertz CT molecular complexity index is 344. The largest absolute Gasteiger partial charge is 0.298 e. The van der Waals surface area contributed by atoms with Gasteiger partial charge in [-0.25, -0.2) is 0 Å². The van der Waals surface area contributed by atoms with Crippen LogP contribution in [0.1, 0.15) is 42.1 Å². The van der Waals surface area contributed by atoms with Gasteiger partial charge in [0.15, 0.2) is 0 Å². The lowest BCUT2D eigenvalue weighted by atomic mass is 10.0. The molecule has 0 amide bonds. The van der Waals surface area contributed by atoms with Crippen LogP contribution in [-0.2, 0) is 6.54 Å². The van der Waals surface area contributed by atoms with Crippen LogP contribution < -0.4 is 0 Å². The van der Waals surface area contributed by atoms with Crippen LogP contribution >= 0.6 is 0 Å². The van der Waals surface area contributed by atoms with Crippen LogP contribution in [-0.4, -0.2) is 23.8 Å². The molecule has 0 saturated carbocycles. The Balaban J connectivity index is 1.99. The molecule has 0 spiro atoms. The first-order valence-electron chi connectivity index (χ1n) is 6.08. The van der Waals surface area contributed by atoms with E-state index in [4.69, 9.17) is 0 Å². The molecule has 0 unspecified atom stereocenters. The second-order valence-electron chi connectivity index (χ2n) is 4.67. The Morgan fingerprint density at radius 2 is 2.06 bits per heavy atom. The number of piperidine rings is 1. The van der Waals surface area contributed by atoms with E-state index in [1.54, 1.807) is 0 Å². The zero-order chi connectivity index (χ0) is 11.4. The summed E-state index contributed by atoms with van der Waals surface area (Å²) in [6.45, 7) is 4.52. The minimum atomic E-state index is 0.694. The Hall–Kier alpha value is -1.15. The monoisotopic (exact) mass is 217 g/mol. The molecule has 2 nitrogen and oxygen atoms in total. The van der Waals surface area contributed by atoms with Crippen LogP contribution in [0.3, 0.4) is 0 Å². The van der Waals surface area contributed by atoms with Gasteiger partial charge in [0.2, 0.25) is 0 Å². The molecule has 1 heterocycles. The number of rotatable bonds is 3. The molecule has 1 aromatic rings. The van der Waals surface area contributed by atoms with E-state index >= 15 is 0 Å². The summed E-state index contributed by atoms with van der Waals surface area (Å²) >= 11 is 0. The molecule has 86 valence electrons. The molecule has 2 rings (SSSR count). The van der Waals surface area contributed by atoms with Crippen molar-refractivity contribution in [2.24, 2.45) is 0 Å². The van der Waals surface area contributed by atoms with Crippen molar-refractivity contribution in [2.45, 2.75) is 38.8 Å². The Labute approximate surface area is 97.3 Å². The molecule has 16 heavy (non-hydrogen) atoms. The summed E-state index contributed by atoms with van der Waals surface area (Å²) in [5.41, 5.74) is 2.06. The standard InChI is InChI=1S/C14H19NO/c1-12-4-2-3-9-15(12)10-13-5-7-14(11-16)8-6-13/h5-8,11-12H,2-4,9-10H2,1H3/t12-/m1/s1. The molecule has 1 saturated heterocycles. The summed E-state index contributed by atoms with van der Waals surface area (Å²) < 4.78 is 0. The van der Waals surface area contributed by atoms with Crippen molar-refractivity contribution in [3.63, 3.8) is 0 Å². The van der Waals surface area contributed by atoms with Gasteiger partial charge in [0.25, 0.3) is 0 Å². The van der Waals surface area contributed by atoms with Crippen LogP contribution in [0.5, 0.6) is 0 Å². The number of benzene rings is 1. The van der Waals surface area contributed by atoms with Crippen LogP contribution in [0.15, 0.2) is 24.3 Å². The fraction of sp³-hybridized carbons (Fsp3) is 0.500. The average Bonchev–Trinajstić information content (AvgIpc) is 2.33. The van der Waals surface area contributed by atoms with Crippen LogP contribution in [0.2, 0.25) is 0 Å². The van der Waals surface area contributed by atoms with Crippen LogP contribution in [0, 0.1) is 0 Å². The van der Waals surface area contributed by atoms with Crippen molar-refractivity contribution in [1.29, 1.82) is 0 Å². The van der Waals surface area contributed by atoms with Crippen molar-refractivity contribution in [3.05, 3.63) is 35.4 Å². The maximum absolute atomic E-state index is 10.5. The number of carbonyl (C=O) groups excluding carboxylic acids is 1. The summed E-state index contributed by atoms with van der Waals surface area (Å²) in [5, 5.41) is 0. The molecular weight excluding hydrogens is 198 g/mol. The quantitative estimate of drug-likeness (QED) is 0.726. The Kier molecular flexibility index (Phi) is 3.73. The van der Waals surface area contributed by atoms with E-state index < -0.39 is 0 Å². The molecule has 0 radical (unpaired) electrons. The summed E-state index contributed by atoms with van der Waals surface area (Å²) in [7, 11) is 0. The molecule has 1 fully saturated rings. The first kappa shape index (κ1) is 11.3. The van der Waals surface area contributed by atoms with Crippen molar-refractivity contribution >= 4 is 6.29 Å². The smallest absolute Gasteiger partial charge is 0.150 e. The fourth-order valence-corrected chi connectivity index (χ4v) is 2.33. The number of hydrogen-bond donors (Lipinski definition) is 0. The third-order valence-corrected chi connectivity index (χ3v) is 3.44. The molecule has 0 aliphatic carbocycles. The first-order valence-corrected chi connectivity index (χ1v) is 6.08. The Morgan fingerprint density at radius 3 is 2.69 bits per heavy atom. The number of aldehydes is 1. The van der Waals surface area contributed by atoms with E-state index in [9.17, 15) is 4.79 Å². The van der Waals surface area contributed by atoms with E-state index in [0.717, 1.165) is 18.4 Å². The third kappa shape index (κ3) is 2.70. The van der Waals surface area contributed by atoms with Gasteiger partial charge in [-0.15, -0.1) is 0 Å². The number of carbonyl (C=O) groups is 1.